The molecular weight excluding hydrogens is 469 g/mol. The molecule has 0 spiro atoms. The van der Waals surface area contributed by atoms with Gasteiger partial charge in [0.05, 0.1) is 6.42 Å². The third-order valence-corrected chi connectivity index (χ3v) is 6.63. The molecule has 0 radical (unpaired) electrons. The van der Waals surface area contributed by atoms with Gasteiger partial charge in [0.2, 0.25) is 5.91 Å². The summed E-state index contributed by atoms with van der Waals surface area (Å²) in [4.78, 5) is 26.4. The Morgan fingerprint density at radius 2 is 1.53 bits per heavy atom. The van der Waals surface area contributed by atoms with E-state index >= 15 is 0 Å². The molecule has 0 bridgehead atoms. The van der Waals surface area contributed by atoms with Crippen LogP contribution in [0.4, 0.5) is 10.5 Å². The molecule has 3 aromatic carbocycles. The molecular formula is C27H27Cl2N3O2. The molecule has 1 aliphatic heterocycles. The normalized spacial score (nSPS) is 15.0. The lowest BCUT2D eigenvalue weighted by Crippen LogP contribution is -2.38. The molecule has 2 N–H and O–H groups in total. The van der Waals surface area contributed by atoms with Gasteiger partial charge in [0, 0.05) is 40.8 Å². The van der Waals surface area contributed by atoms with Crippen LogP contribution in [0.25, 0.3) is 0 Å². The van der Waals surface area contributed by atoms with Crippen molar-refractivity contribution in [3.8, 4) is 0 Å². The zero-order chi connectivity index (χ0) is 24.1. The SMILES string of the molecule is C[C@@H](NC(=O)Cc1ccc(N2CCNC2=O)cc1)[C@H](Cc1ccc(Cl)cc1)c1ccc(Cl)cc1. The number of carbonyl (C=O) groups excluding carboxylic acids is 2. The first-order valence-electron chi connectivity index (χ1n) is 11.3. The fraction of sp³-hybridized carbons (Fsp3) is 0.259. The van der Waals surface area contributed by atoms with Gasteiger partial charge >= 0.3 is 6.03 Å². The minimum Gasteiger partial charge on any atom is -0.353 e. The van der Waals surface area contributed by atoms with Crippen molar-refractivity contribution < 1.29 is 9.59 Å². The predicted molar refractivity (Wildman–Crippen MR) is 138 cm³/mol. The smallest absolute Gasteiger partial charge is 0.321 e. The minimum atomic E-state index is -0.100. The van der Waals surface area contributed by atoms with Crippen LogP contribution in [0.15, 0.2) is 72.8 Å². The number of hydrogen-bond acceptors (Lipinski definition) is 2. The molecule has 0 unspecified atom stereocenters. The molecule has 1 aliphatic rings. The minimum absolute atomic E-state index is 0.0470. The van der Waals surface area contributed by atoms with Gasteiger partial charge in [-0.25, -0.2) is 4.79 Å². The van der Waals surface area contributed by atoms with Crippen LogP contribution in [0.2, 0.25) is 10.0 Å². The van der Waals surface area contributed by atoms with E-state index < -0.39 is 0 Å². The molecule has 5 nitrogen and oxygen atoms in total. The van der Waals surface area contributed by atoms with Crippen molar-refractivity contribution in [2.24, 2.45) is 0 Å². The summed E-state index contributed by atoms with van der Waals surface area (Å²) in [5.74, 6) is 0.0210. The largest absolute Gasteiger partial charge is 0.353 e. The molecule has 4 rings (SSSR count). The maximum Gasteiger partial charge on any atom is 0.321 e. The quantitative estimate of drug-likeness (QED) is 0.427. The topological polar surface area (TPSA) is 61.4 Å². The van der Waals surface area contributed by atoms with Crippen LogP contribution in [0.3, 0.4) is 0 Å². The second-order valence-corrected chi connectivity index (χ2v) is 9.44. The number of nitrogens with one attached hydrogen (secondary N) is 2. The molecule has 1 fully saturated rings. The summed E-state index contributed by atoms with van der Waals surface area (Å²) < 4.78 is 0. The van der Waals surface area contributed by atoms with E-state index in [1.165, 1.54) is 0 Å². The van der Waals surface area contributed by atoms with Gasteiger partial charge in [-0.3, -0.25) is 9.69 Å². The maximum absolute atomic E-state index is 12.9. The summed E-state index contributed by atoms with van der Waals surface area (Å²) in [5, 5.41) is 7.35. The number of rotatable bonds is 8. The van der Waals surface area contributed by atoms with E-state index in [0.717, 1.165) is 28.8 Å². The highest BCUT2D eigenvalue weighted by Gasteiger charge is 2.23. The van der Waals surface area contributed by atoms with E-state index in [1.54, 1.807) is 4.90 Å². The summed E-state index contributed by atoms with van der Waals surface area (Å²) in [6.45, 7) is 3.32. The Morgan fingerprint density at radius 3 is 2.12 bits per heavy atom. The summed E-state index contributed by atoms with van der Waals surface area (Å²) in [6.07, 6.45) is 1.03. The van der Waals surface area contributed by atoms with Crippen LogP contribution < -0.4 is 15.5 Å². The Hall–Kier alpha value is -3.02. The number of nitrogens with zero attached hydrogens (tertiary/aromatic N) is 1. The van der Waals surface area contributed by atoms with E-state index in [2.05, 4.69) is 10.6 Å². The van der Waals surface area contributed by atoms with E-state index in [-0.39, 0.29) is 30.3 Å². The van der Waals surface area contributed by atoms with Crippen molar-refractivity contribution >= 4 is 40.8 Å². The monoisotopic (exact) mass is 495 g/mol. The third kappa shape index (κ3) is 6.10. The molecule has 34 heavy (non-hydrogen) atoms. The Bertz CT molecular complexity index is 1130. The van der Waals surface area contributed by atoms with Crippen LogP contribution in [-0.4, -0.2) is 31.1 Å². The van der Waals surface area contributed by atoms with Crippen molar-refractivity contribution in [2.75, 3.05) is 18.0 Å². The molecule has 2 atom stereocenters. The van der Waals surface area contributed by atoms with Crippen LogP contribution in [0.1, 0.15) is 29.5 Å². The molecule has 1 heterocycles. The lowest BCUT2D eigenvalue weighted by atomic mass is 9.86. The molecule has 0 aromatic heterocycles. The maximum atomic E-state index is 12.9. The van der Waals surface area contributed by atoms with Crippen molar-refractivity contribution in [1.29, 1.82) is 0 Å². The number of anilines is 1. The average molecular weight is 496 g/mol. The molecule has 176 valence electrons. The van der Waals surface area contributed by atoms with E-state index in [0.29, 0.717) is 23.1 Å². The van der Waals surface area contributed by atoms with Gasteiger partial charge < -0.3 is 10.6 Å². The number of hydrogen-bond donors (Lipinski definition) is 2. The lowest BCUT2D eigenvalue weighted by Gasteiger charge is -2.26. The van der Waals surface area contributed by atoms with E-state index in [1.807, 2.05) is 79.7 Å². The molecule has 7 heteroatoms. The van der Waals surface area contributed by atoms with E-state index in [4.69, 9.17) is 23.2 Å². The fourth-order valence-electron chi connectivity index (χ4n) is 4.27. The van der Waals surface area contributed by atoms with Crippen molar-refractivity contribution in [3.05, 3.63) is 99.5 Å². The standard InChI is InChI=1S/C27H27Cl2N3O2/c1-18(25(21-6-10-23(29)11-7-21)16-19-2-8-22(28)9-3-19)31-26(33)17-20-4-12-24(13-5-20)32-15-14-30-27(32)34/h2-13,18,25H,14-17H2,1H3,(H,30,34)(H,31,33)/t18-,25+/m1/s1. The highest BCUT2D eigenvalue weighted by atomic mass is 35.5. The van der Waals surface area contributed by atoms with Gasteiger partial charge in [0.1, 0.15) is 0 Å². The third-order valence-electron chi connectivity index (χ3n) is 6.13. The van der Waals surface area contributed by atoms with Crippen LogP contribution in [-0.2, 0) is 17.6 Å². The van der Waals surface area contributed by atoms with Crippen LogP contribution in [0.5, 0.6) is 0 Å². The van der Waals surface area contributed by atoms with Gasteiger partial charge in [-0.15, -0.1) is 0 Å². The van der Waals surface area contributed by atoms with Gasteiger partial charge in [0.15, 0.2) is 0 Å². The number of amides is 3. The highest BCUT2D eigenvalue weighted by molar-refractivity contribution is 6.30. The second kappa shape index (κ2) is 10.9. The first-order chi connectivity index (χ1) is 16.4. The number of benzene rings is 3. The van der Waals surface area contributed by atoms with Crippen molar-refractivity contribution in [2.45, 2.75) is 31.7 Å². The van der Waals surface area contributed by atoms with Crippen molar-refractivity contribution in [3.63, 3.8) is 0 Å². The predicted octanol–water partition coefficient (Wildman–Crippen LogP) is 5.60. The molecule has 0 aliphatic carbocycles. The average Bonchev–Trinajstić information content (AvgIpc) is 3.25. The zero-order valence-corrected chi connectivity index (χ0v) is 20.4. The lowest BCUT2D eigenvalue weighted by molar-refractivity contribution is -0.121. The van der Waals surface area contributed by atoms with Crippen LogP contribution in [0, 0.1) is 0 Å². The number of urea groups is 1. The molecule has 1 saturated heterocycles. The summed E-state index contributed by atoms with van der Waals surface area (Å²) in [5.41, 5.74) is 3.99. The molecule has 3 amide bonds. The first-order valence-corrected chi connectivity index (χ1v) is 12.1. The second-order valence-electron chi connectivity index (χ2n) is 8.57. The summed E-state index contributed by atoms with van der Waals surface area (Å²) >= 11 is 12.1. The first kappa shape index (κ1) is 24.1. The van der Waals surface area contributed by atoms with Gasteiger partial charge in [-0.2, -0.15) is 0 Å². The fourth-order valence-corrected chi connectivity index (χ4v) is 4.52. The van der Waals surface area contributed by atoms with E-state index in [9.17, 15) is 9.59 Å². The summed E-state index contributed by atoms with van der Waals surface area (Å²) in [6, 6.07) is 23.0. The highest BCUT2D eigenvalue weighted by Crippen LogP contribution is 2.27. The van der Waals surface area contributed by atoms with Gasteiger partial charge in [-0.1, -0.05) is 59.6 Å². The Balaban J connectivity index is 1.43. The Labute approximate surface area is 210 Å². The zero-order valence-electron chi connectivity index (χ0n) is 18.9. The summed E-state index contributed by atoms with van der Waals surface area (Å²) in [7, 11) is 0. The van der Waals surface area contributed by atoms with Crippen molar-refractivity contribution in [1.82, 2.24) is 10.6 Å². The molecule has 3 aromatic rings. The number of carbonyl (C=O) groups is 2. The number of halogens is 2. The van der Waals surface area contributed by atoms with Gasteiger partial charge in [0.25, 0.3) is 0 Å². The Kier molecular flexibility index (Phi) is 7.76. The van der Waals surface area contributed by atoms with Crippen LogP contribution >= 0.6 is 23.2 Å². The van der Waals surface area contributed by atoms with Gasteiger partial charge in [-0.05, 0) is 66.4 Å². The molecule has 0 saturated carbocycles. The Morgan fingerprint density at radius 1 is 0.941 bits per heavy atom.